The molecule has 0 atom stereocenters. The average Bonchev–Trinajstić information content (AvgIpc) is 3.41. The number of carbonyl (C=O) groups excluding carboxylic acids is 1. The van der Waals surface area contributed by atoms with E-state index in [4.69, 9.17) is 0 Å². The van der Waals surface area contributed by atoms with E-state index in [1.165, 1.54) is 5.56 Å². The van der Waals surface area contributed by atoms with Crippen molar-refractivity contribution in [3.63, 3.8) is 0 Å². The van der Waals surface area contributed by atoms with Crippen LogP contribution in [0, 0.1) is 6.92 Å². The predicted molar refractivity (Wildman–Crippen MR) is 115 cm³/mol. The van der Waals surface area contributed by atoms with Gasteiger partial charge < -0.3 is 4.98 Å². The number of nitrogens with zero attached hydrogens (tertiary/aromatic N) is 2. The zero-order chi connectivity index (χ0) is 19.8. The molecule has 0 amide bonds. The first kappa shape index (κ1) is 17.2. The van der Waals surface area contributed by atoms with Gasteiger partial charge in [-0.2, -0.15) is 0 Å². The minimum atomic E-state index is 0.0124. The van der Waals surface area contributed by atoms with Crippen molar-refractivity contribution in [1.82, 2.24) is 14.5 Å². The van der Waals surface area contributed by atoms with E-state index >= 15 is 0 Å². The number of hydrogen-bond donors (Lipinski definition) is 1. The summed E-state index contributed by atoms with van der Waals surface area (Å²) in [6.07, 6.45) is 5.46. The Balaban J connectivity index is 1.61. The summed E-state index contributed by atoms with van der Waals surface area (Å²) in [6.45, 7) is 2.08. The van der Waals surface area contributed by atoms with E-state index in [1.54, 1.807) is 6.20 Å². The van der Waals surface area contributed by atoms with Crippen LogP contribution in [0.1, 0.15) is 21.5 Å². The molecule has 4 nitrogen and oxygen atoms in total. The normalized spacial score (nSPS) is 11.1. The number of aromatic amines is 1. The molecule has 0 radical (unpaired) electrons. The van der Waals surface area contributed by atoms with Crippen molar-refractivity contribution in [2.24, 2.45) is 0 Å². The number of aromatic nitrogens is 3. The highest BCUT2D eigenvalue weighted by Gasteiger charge is 2.15. The van der Waals surface area contributed by atoms with Crippen LogP contribution in [0.3, 0.4) is 0 Å². The zero-order valence-corrected chi connectivity index (χ0v) is 16.0. The van der Waals surface area contributed by atoms with Gasteiger partial charge in [-0.25, -0.2) is 4.98 Å². The minimum Gasteiger partial charge on any atom is -0.360 e. The molecule has 0 fully saturated rings. The molecule has 1 N–H and O–H groups in total. The van der Waals surface area contributed by atoms with Gasteiger partial charge in [-0.3, -0.25) is 9.36 Å². The van der Waals surface area contributed by atoms with Crippen molar-refractivity contribution in [3.05, 3.63) is 108 Å². The summed E-state index contributed by atoms with van der Waals surface area (Å²) in [5.74, 6) is 0.0124. The Morgan fingerprint density at radius 3 is 2.55 bits per heavy atom. The first-order valence-corrected chi connectivity index (χ1v) is 9.51. The van der Waals surface area contributed by atoms with Gasteiger partial charge in [0.15, 0.2) is 5.78 Å². The Hall–Kier alpha value is -3.92. The number of hydrogen-bond acceptors (Lipinski definition) is 2. The Morgan fingerprint density at radius 2 is 1.76 bits per heavy atom. The number of carbonyl (C=O) groups is 1. The maximum absolute atomic E-state index is 13.0. The van der Waals surface area contributed by atoms with Crippen molar-refractivity contribution in [2.75, 3.05) is 0 Å². The standard InChI is InChI=1S/C25H19N3O/c1-17-7-9-18(10-8-17)24-15-26-16-28(24)20-11-12-23-21(13-20)22(14-27-23)25(29)19-5-3-2-4-6-19/h2-16,27H,1H3. The van der Waals surface area contributed by atoms with Gasteiger partial charge in [0.05, 0.1) is 18.2 Å². The molecule has 0 spiro atoms. The van der Waals surface area contributed by atoms with Crippen LogP contribution in [-0.4, -0.2) is 20.3 Å². The molecular weight excluding hydrogens is 358 g/mol. The number of fused-ring (bicyclic) bond motifs is 1. The van der Waals surface area contributed by atoms with Crippen LogP contribution in [0.2, 0.25) is 0 Å². The third-order valence-corrected chi connectivity index (χ3v) is 5.21. The third-order valence-electron chi connectivity index (χ3n) is 5.21. The summed E-state index contributed by atoms with van der Waals surface area (Å²) in [5, 5.41) is 0.903. The molecule has 3 aromatic carbocycles. The van der Waals surface area contributed by atoms with Crippen LogP contribution in [-0.2, 0) is 0 Å². The van der Waals surface area contributed by atoms with Gasteiger partial charge in [-0.1, -0.05) is 60.2 Å². The van der Waals surface area contributed by atoms with Gasteiger partial charge in [0.1, 0.15) is 0 Å². The fourth-order valence-electron chi connectivity index (χ4n) is 3.63. The number of benzene rings is 3. The summed E-state index contributed by atoms with van der Waals surface area (Å²) in [5.41, 5.74) is 6.58. The highest BCUT2D eigenvalue weighted by atomic mass is 16.1. The predicted octanol–water partition coefficient (Wildman–Crippen LogP) is 5.56. The molecule has 0 bridgehead atoms. The fraction of sp³-hybridized carbons (Fsp3) is 0.0400. The lowest BCUT2D eigenvalue weighted by atomic mass is 10.0. The van der Waals surface area contributed by atoms with Crippen molar-refractivity contribution in [1.29, 1.82) is 0 Å². The number of H-pyrrole nitrogens is 1. The van der Waals surface area contributed by atoms with E-state index in [1.807, 2.05) is 65.6 Å². The summed E-state index contributed by atoms with van der Waals surface area (Å²) in [6, 6.07) is 23.8. The number of nitrogens with one attached hydrogen (secondary N) is 1. The van der Waals surface area contributed by atoms with Gasteiger partial charge in [0.2, 0.25) is 0 Å². The summed E-state index contributed by atoms with van der Waals surface area (Å²) in [4.78, 5) is 20.6. The first-order chi connectivity index (χ1) is 14.2. The van der Waals surface area contributed by atoms with Crippen LogP contribution < -0.4 is 0 Å². The smallest absolute Gasteiger partial charge is 0.195 e. The first-order valence-electron chi connectivity index (χ1n) is 9.51. The summed E-state index contributed by atoms with van der Waals surface area (Å²) < 4.78 is 2.05. The molecule has 29 heavy (non-hydrogen) atoms. The van der Waals surface area contributed by atoms with Crippen LogP contribution in [0.25, 0.3) is 27.8 Å². The summed E-state index contributed by atoms with van der Waals surface area (Å²) >= 11 is 0. The Bertz CT molecular complexity index is 1310. The van der Waals surface area contributed by atoms with Gasteiger partial charge >= 0.3 is 0 Å². The molecule has 5 aromatic rings. The largest absolute Gasteiger partial charge is 0.360 e. The monoisotopic (exact) mass is 377 g/mol. The molecule has 4 heteroatoms. The van der Waals surface area contributed by atoms with Crippen LogP contribution >= 0.6 is 0 Å². The molecule has 0 aliphatic rings. The maximum Gasteiger partial charge on any atom is 0.195 e. The highest BCUT2D eigenvalue weighted by Crippen LogP contribution is 2.27. The van der Waals surface area contributed by atoms with E-state index in [9.17, 15) is 4.79 Å². The van der Waals surface area contributed by atoms with Crippen molar-refractivity contribution >= 4 is 16.7 Å². The van der Waals surface area contributed by atoms with Crippen molar-refractivity contribution in [2.45, 2.75) is 6.92 Å². The van der Waals surface area contributed by atoms with Crippen LogP contribution in [0.5, 0.6) is 0 Å². The van der Waals surface area contributed by atoms with Gasteiger partial charge in [0, 0.05) is 39.5 Å². The molecule has 0 aliphatic carbocycles. The van der Waals surface area contributed by atoms with Crippen LogP contribution in [0.4, 0.5) is 0 Å². The molecule has 0 aliphatic heterocycles. The number of aryl methyl sites for hydroxylation is 1. The van der Waals surface area contributed by atoms with Crippen molar-refractivity contribution in [3.8, 4) is 16.9 Å². The average molecular weight is 377 g/mol. The number of rotatable bonds is 4. The molecule has 0 unspecified atom stereocenters. The minimum absolute atomic E-state index is 0.0124. The second-order valence-corrected chi connectivity index (χ2v) is 7.14. The molecule has 5 rings (SSSR count). The lowest BCUT2D eigenvalue weighted by molar-refractivity contribution is 0.104. The second-order valence-electron chi connectivity index (χ2n) is 7.14. The Labute approximate surface area is 168 Å². The van der Waals surface area contributed by atoms with Crippen molar-refractivity contribution < 1.29 is 4.79 Å². The van der Waals surface area contributed by atoms with Crippen LogP contribution in [0.15, 0.2) is 91.5 Å². The van der Waals surface area contributed by atoms with Gasteiger partial charge in [0.25, 0.3) is 0 Å². The van der Waals surface area contributed by atoms with Gasteiger partial charge in [-0.05, 0) is 25.1 Å². The Morgan fingerprint density at radius 1 is 0.966 bits per heavy atom. The quantitative estimate of drug-likeness (QED) is 0.417. The van der Waals surface area contributed by atoms with Gasteiger partial charge in [-0.15, -0.1) is 0 Å². The SMILES string of the molecule is Cc1ccc(-c2cncn2-c2ccc3[nH]cc(C(=O)c4ccccc4)c3c2)cc1. The fourth-order valence-corrected chi connectivity index (χ4v) is 3.63. The lowest BCUT2D eigenvalue weighted by Crippen LogP contribution is -2.00. The summed E-state index contributed by atoms with van der Waals surface area (Å²) in [7, 11) is 0. The Kier molecular flexibility index (Phi) is 4.10. The maximum atomic E-state index is 13.0. The zero-order valence-electron chi connectivity index (χ0n) is 16.0. The molecular formula is C25H19N3O. The highest BCUT2D eigenvalue weighted by molar-refractivity contribution is 6.16. The van der Waals surface area contributed by atoms with E-state index < -0.39 is 0 Å². The van der Waals surface area contributed by atoms with E-state index in [-0.39, 0.29) is 5.78 Å². The topological polar surface area (TPSA) is 50.7 Å². The van der Waals surface area contributed by atoms with E-state index in [2.05, 4.69) is 41.2 Å². The molecule has 2 aromatic heterocycles. The van der Waals surface area contributed by atoms with E-state index in [0.717, 1.165) is 27.8 Å². The third kappa shape index (κ3) is 3.05. The van der Waals surface area contributed by atoms with E-state index in [0.29, 0.717) is 11.1 Å². The number of imidazole rings is 1. The molecule has 0 saturated heterocycles. The molecule has 2 heterocycles. The molecule has 140 valence electrons. The molecule has 0 saturated carbocycles. The second kappa shape index (κ2) is 6.91. The lowest BCUT2D eigenvalue weighted by Gasteiger charge is -2.09. The number of ketones is 1.